The molecule has 0 radical (unpaired) electrons. The van der Waals surface area contributed by atoms with Crippen LogP contribution in [0.2, 0.25) is 0 Å². The normalized spacial score (nSPS) is 22.0. The first-order chi connectivity index (χ1) is 10.7. The first-order valence-electron chi connectivity index (χ1n) is 7.14. The smallest absolute Gasteiger partial charge is 0.340 e. The highest BCUT2D eigenvalue weighted by atomic mass is 32.2. The second-order valence-corrected chi connectivity index (χ2v) is 6.89. The molecule has 0 saturated carbocycles. The molecule has 2 N–H and O–H groups in total. The van der Waals surface area contributed by atoms with Crippen LogP contribution in [-0.4, -0.2) is 75.7 Å². The molecule has 0 aromatic heterocycles. The average molecular weight is 352 g/mol. The second-order valence-electron chi connectivity index (χ2n) is 5.24. The third kappa shape index (κ3) is 4.61. The van der Waals surface area contributed by atoms with Gasteiger partial charge in [-0.1, -0.05) is 6.92 Å². The lowest BCUT2D eigenvalue weighted by molar-refractivity contribution is -0.132. The molecule has 1 aliphatic rings. The predicted octanol–water partition coefficient (Wildman–Crippen LogP) is -0.949. The summed E-state index contributed by atoms with van der Waals surface area (Å²) in [6.07, 6.45) is 0.340. The highest BCUT2D eigenvalue weighted by Crippen LogP contribution is 2.19. The number of rotatable bonds is 10. The van der Waals surface area contributed by atoms with Crippen LogP contribution in [0.15, 0.2) is 0 Å². The zero-order valence-electron chi connectivity index (χ0n) is 13.8. The molecule has 3 amide bonds. The molecule has 23 heavy (non-hydrogen) atoms. The Morgan fingerprint density at radius 2 is 1.74 bits per heavy atom. The molecule has 1 aliphatic heterocycles. The number of imide groups is 1. The van der Waals surface area contributed by atoms with Gasteiger partial charge in [-0.2, -0.15) is 17.7 Å². The minimum absolute atomic E-state index is 0.0594. The van der Waals surface area contributed by atoms with Gasteiger partial charge in [0.25, 0.3) is 16.1 Å². The molecule has 0 spiro atoms. The van der Waals surface area contributed by atoms with Crippen LogP contribution in [0, 0.1) is 0 Å². The van der Waals surface area contributed by atoms with Gasteiger partial charge in [0.1, 0.15) is 5.54 Å². The number of methoxy groups -OCH3 is 2. The van der Waals surface area contributed by atoms with E-state index in [1.807, 2.05) is 4.83 Å². The van der Waals surface area contributed by atoms with Crippen molar-refractivity contribution in [3.8, 4) is 0 Å². The van der Waals surface area contributed by atoms with Crippen molar-refractivity contribution in [1.82, 2.24) is 19.5 Å². The fourth-order valence-electron chi connectivity index (χ4n) is 1.92. The number of amides is 3. The van der Waals surface area contributed by atoms with Gasteiger partial charge in [-0.3, -0.25) is 4.79 Å². The summed E-state index contributed by atoms with van der Waals surface area (Å²) < 4.78 is 35.6. The fraction of sp³-hybridized carbons (Fsp3) is 0.833. The second kappa shape index (κ2) is 8.02. The van der Waals surface area contributed by atoms with Gasteiger partial charge in [0.2, 0.25) is 0 Å². The predicted molar refractivity (Wildman–Crippen MR) is 81.5 cm³/mol. The number of carbonyl (C=O) groups excluding carboxylic acids is 2. The SMILES string of the molecule is CCC1(C)NC(=O)N(NS(=O)(=O)N(CCOC)CCOC)C1=O. The molecule has 1 heterocycles. The summed E-state index contributed by atoms with van der Waals surface area (Å²) in [5.41, 5.74) is -1.12. The van der Waals surface area contributed by atoms with Gasteiger partial charge in [-0.15, -0.1) is 4.83 Å². The lowest BCUT2D eigenvalue weighted by Gasteiger charge is -2.25. The lowest BCUT2D eigenvalue weighted by Crippen LogP contribution is -2.54. The Morgan fingerprint density at radius 1 is 1.22 bits per heavy atom. The van der Waals surface area contributed by atoms with Crippen molar-refractivity contribution in [3.63, 3.8) is 0 Å². The van der Waals surface area contributed by atoms with Gasteiger partial charge in [-0.05, 0) is 13.3 Å². The number of carbonyl (C=O) groups is 2. The van der Waals surface area contributed by atoms with Crippen LogP contribution < -0.4 is 10.1 Å². The van der Waals surface area contributed by atoms with Crippen LogP contribution in [0.25, 0.3) is 0 Å². The molecule has 0 aromatic carbocycles. The molecule has 1 saturated heterocycles. The topological polar surface area (TPSA) is 117 Å². The maximum absolute atomic E-state index is 12.4. The number of nitrogens with one attached hydrogen (secondary N) is 2. The first-order valence-corrected chi connectivity index (χ1v) is 8.58. The van der Waals surface area contributed by atoms with E-state index < -0.39 is 27.7 Å². The summed E-state index contributed by atoms with van der Waals surface area (Å²) in [5.74, 6) is -0.646. The van der Waals surface area contributed by atoms with Crippen LogP contribution in [-0.2, 0) is 24.5 Å². The van der Waals surface area contributed by atoms with E-state index in [2.05, 4.69) is 5.32 Å². The van der Waals surface area contributed by atoms with E-state index in [-0.39, 0.29) is 26.3 Å². The van der Waals surface area contributed by atoms with E-state index in [9.17, 15) is 18.0 Å². The van der Waals surface area contributed by atoms with Gasteiger partial charge in [0, 0.05) is 27.3 Å². The highest BCUT2D eigenvalue weighted by Gasteiger charge is 2.48. The van der Waals surface area contributed by atoms with Crippen molar-refractivity contribution in [3.05, 3.63) is 0 Å². The largest absolute Gasteiger partial charge is 0.383 e. The molecule has 1 rings (SSSR count). The molecule has 0 aliphatic carbocycles. The highest BCUT2D eigenvalue weighted by molar-refractivity contribution is 7.87. The van der Waals surface area contributed by atoms with Crippen LogP contribution >= 0.6 is 0 Å². The average Bonchev–Trinajstić information content (AvgIpc) is 2.71. The Morgan fingerprint density at radius 3 is 2.13 bits per heavy atom. The molecular weight excluding hydrogens is 328 g/mol. The van der Waals surface area contributed by atoms with Gasteiger partial charge in [0.05, 0.1) is 13.2 Å². The molecule has 134 valence electrons. The van der Waals surface area contributed by atoms with E-state index in [0.29, 0.717) is 11.4 Å². The third-order valence-electron chi connectivity index (χ3n) is 3.60. The summed E-state index contributed by atoms with van der Waals surface area (Å²) in [4.78, 5) is 26.2. The molecule has 1 unspecified atom stereocenters. The minimum atomic E-state index is -4.11. The Labute approximate surface area is 136 Å². The summed E-state index contributed by atoms with van der Waals surface area (Å²) in [6.45, 7) is 3.71. The van der Waals surface area contributed by atoms with Gasteiger partial charge in [-0.25, -0.2) is 4.79 Å². The fourth-order valence-corrected chi connectivity index (χ4v) is 3.06. The maximum atomic E-state index is 12.4. The number of nitrogens with zero attached hydrogens (tertiary/aromatic N) is 2. The van der Waals surface area contributed by atoms with Crippen LogP contribution in [0.4, 0.5) is 4.79 Å². The van der Waals surface area contributed by atoms with Gasteiger partial charge < -0.3 is 14.8 Å². The molecule has 11 heteroatoms. The van der Waals surface area contributed by atoms with Crippen LogP contribution in [0.5, 0.6) is 0 Å². The number of hydrogen-bond donors (Lipinski definition) is 2. The number of urea groups is 1. The Kier molecular flexibility index (Phi) is 6.89. The van der Waals surface area contributed by atoms with Crippen molar-refractivity contribution in [2.24, 2.45) is 0 Å². The van der Waals surface area contributed by atoms with Crippen molar-refractivity contribution >= 4 is 22.1 Å². The molecular formula is C12H24N4O6S. The lowest BCUT2D eigenvalue weighted by atomic mass is 10.00. The van der Waals surface area contributed by atoms with Crippen LogP contribution in [0.1, 0.15) is 20.3 Å². The quantitative estimate of drug-likeness (QED) is 0.490. The molecule has 0 aromatic rings. The maximum Gasteiger partial charge on any atom is 0.340 e. The number of ether oxygens (including phenoxy) is 2. The Balaban J connectivity index is 2.90. The summed E-state index contributed by atoms with van der Waals surface area (Å²) in [5, 5.41) is 2.96. The first kappa shape index (κ1) is 19.8. The molecule has 0 bridgehead atoms. The number of hydrogen-bond acceptors (Lipinski definition) is 6. The van der Waals surface area contributed by atoms with E-state index in [1.165, 1.54) is 21.1 Å². The Bertz CT molecular complexity index is 532. The van der Waals surface area contributed by atoms with Gasteiger partial charge >= 0.3 is 6.03 Å². The van der Waals surface area contributed by atoms with Crippen molar-refractivity contribution < 1.29 is 27.5 Å². The summed E-state index contributed by atoms with van der Waals surface area (Å²) in [7, 11) is -1.22. The van der Waals surface area contributed by atoms with Crippen molar-refractivity contribution in [2.75, 3.05) is 40.5 Å². The van der Waals surface area contributed by atoms with Gasteiger partial charge in [0.15, 0.2) is 0 Å². The molecule has 1 fully saturated rings. The molecule has 10 nitrogen and oxygen atoms in total. The molecule has 1 atom stereocenters. The third-order valence-corrected chi connectivity index (χ3v) is 5.06. The monoisotopic (exact) mass is 352 g/mol. The summed E-state index contributed by atoms with van der Waals surface area (Å²) >= 11 is 0. The van der Waals surface area contributed by atoms with E-state index in [4.69, 9.17) is 9.47 Å². The summed E-state index contributed by atoms with van der Waals surface area (Å²) in [6, 6.07) is -0.804. The zero-order valence-corrected chi connectivity index (χ0v) is 14.6. The van der Waals surface area contributed by atoms with E-state index in [0.717, 1.165) is 4.31 Å². The van der Waals surface area contributed by atoms with Crippen LogP contribution in [0.3, 0.4) is 0 Å². The van der Waals surface area contributed by atoms with Crippen molar-refractivity contribution in [2.45, 2.75) is 25.8 Å². The minimum Gasteiger partial charge on any atom is -0.383 e. The zero-order chi connectivity index (χ0) is 17.7. The number of hydrazine groups is 1. The van der Waals surface area contributed by atoms with E-state index in [1.54, 1.807) is 6.92 Å². The van der Waals surface area contributed by atoms with Crippen molar-refractivity contribution in [1.29, 1.82) is 0 Å². The Hall–Kier alpha value is -1.27. The van der Waals surface area contributed by atoms with E-state index >= 15 is 0 Å². The standard InChI is InChI=1S/C12H24N4O6S/c1-5-12(2)10(17)16(11(18)13-12)14-23(19,20)15(6-8-21-3)7-9-22-4/h14H,5-9H2,1-4H3,(H,13,18).